The molecule has 98 valence electrons. The lowest BCUT2D eigenvalue weighted by molar-refractivity contribution is -0.144. The zero-order valence-corrected chi connectivity index (χ0v) is 11.3. The summed E-state index contributed by atoms with van der Waals surface area (Å²) in [4.78, 5) is 11.8. The molecule has 0 aromatic heterocycles. The van der Waals surface area contributed by atoms with Crippen LogP contribution in [0.15, 0.2) is 24.3 Å². The molecule has 1 aliphatic carbocycles. The first-order valence-corrected chi connectivity index (χ1v) is 6.55. The lowest BCUT2D eigenvalue weighted by atomic mass is 10.0. The highest BCUT2D eigenvalue weighted by Crippen LogP contribution is 2.31. The largest absolute Gasteiger partial charge is 0.468 e. The van der Waals surface area contributed by atoms with Gasteiger partial charge in [0, 0.05) is 6.04 Å². The van der Waals surface area contributed by atoms with E-state index >= 15 is 0 Å². The van der Waals surface area contributed by atoms with E-state index in [0.717, 1.165) is 12.8 Å². The number of nitrogens with one attached hydrogen (secondary N) is 1. The topological polar surface area (TPSA) is 38.3 Å². The predicted molar refractivity (Wildman–Crippen MR) is 71.3 cm³/mol. The van der Waals surface area contributed by atoms with Crippen molar-refractivity contribution in [2.24, 2.45) is 5.92 Å². The molecule has 3 nitrogen and oxygen atoms in total. The first-order valence-electron chi connectivity index (χ1n) is 6.55. The third kappa shape index (κ3) is 2.56. The van der Waals surface area contributed by atoms with Gasteiger partial charge in [-0.25, -0.2) is 0 Å². The van der Waals surface area contributed by atoms with Crippen molar-refractivity contribution in [2.75, 3.05) is 7.11 Å². The Labute approximate surface area is 109 Å². The van der Waals surface area contributed by atoms with Gasteiger partial charge in [0.1, 0.15) is 6.04 Å². The quantitative estimate of drug-likeness (QED) is 0.831. The number of benzene rings is 1. The molecule has 0 amide bonds. The fourth-order valence-corrected chi connectivity index (χ4v) is 2.61. The summed E-state index contributed by atoms with van der Waals surface area (Å²) in [5, 5.41) is 3.45. The second-order valence-corrected chi connectivity index (χ2v) is 5.20. The number of ether oxygens (including phenoxy) is 1. The Balaban J connectivity index is 2.12. The van der Waals surface area contributed by atoms with Gasteiger partial charge in [0.05, 0.1) is 7.11 Å². The van der Waals surface area contributed by atoms with Crippen molar-refractivity contribution in [1.82, 2.24) is 5.32 Å². The number of hydrogen-bond donors (Lipinski definition) is 1. The van der Waals surface area contributed by atoms with E-state index < -0.39 is 0 Å². The lowest BCUT2D eigenvalue weighted by Crippen LogP contribution is -2.43. The van der Waals surface area contributed by atoms with Crippen molar-refractivity contribution in [3.8, 4) is 0 Å². The van der Waals surface area contributed by atoms with E-state index in [1.54, 1.807) is 0 Å². The van der Waals surface area contributed by atoms with E-state index in [4.69, 9.17) is 4.74 Å². The Morgan fingerprint density at radius 3 is 2.78 bits per heavy atom. The molecule has 2 rings (SSSR count). The molecule has 0 saturated carbocycles. The molecular weight excluding hydrogens is 226 g/mol. The van der Waals surface area contributed by atoms with Crippen LogP contribution in [0.1, 0.15) is 37.4 Å². The molecule has 3 heteroatoms. The summed E-state index contributed by atoms with van der Waals surface area (Å²) in [5.41, 5.74) is 2.72. The van der Waals surface area contributed by atoms with Crippen molar-refractivity contribution in [3.05, 3.63) is 35.4 Å². The average molecular weight is 247 g/mol. The minimum atomic E-state index is -0.230. The maximum atomic E-state index is 11.8. The van der Waals surface area contributed by atoms with Crippen LogP contribution in [0.4, 0.5) is 0 Å². The molecule has 18 heavy (non-hydrogen) atoms. The highest BCUT2D eigenvalue weighted by Gasteiger charge is 2.29. The van der Waals surface area contributed by atoms with Gasteiger partial charge in [-0.15, -0.1) is 0 Å². The van der Waals surface area contributed by atoms with Gasteiger partial charge < -0.3 is 4.74 Å². The predicted octanol–water partition coefficient (Wildman–Crippen LogP) is 2.46. The molecule has 0 bridgehead atoms. The van der Waals surface area contributed by atoms with E-state index in [1.807, 2.05) is 13.8 Å². The van der Waals surface area contributed by atoms with Crippen LogP contribution in [-0.2, 0) is 16.0 Å². The molecule has 1 unspecified atom stereocenters. The number of carbonyl (C=O) groups is 1. The zero-order chi connectivity index (χ0) is 13.1. The van der Waals surface area contributed by atoms with Gasteiger partial charge in [0.15, 0.2) is 0 Å². The number of hydrogen-bond acceptors (Lipinski definition) is 3. The third-order valence-corrected chi connectivity index (χ3v) is 3.64. The highest BCUT2D eigenvalue weighted by molar-refractivity contribution is 5.76. The first kappa shape index (κ1) is 13.1. The smallest absolute Gasteiger partial charge is 0.323 e. The molecule has 1 aromatic carbocycles. The van der Waals surface area contributed by atoms with Crippen LogP contribution in [-0.4, -0.2) is 19.1 Å². The SMILES string of the molecule is COC(=O)[C@H](NC1CCc2ccccc21)C(C)C. The molecule has 0 radical (unpaired) electrons. The van der Waals surface area contributed by atoms with Crippen molar-refractivity contribution in [1.29, 1.82) is 0 Å². The summed E-state index contributed by atoms with van der Waals surface area (Å²) in [6.07, 6.45) is 2.14. The number of methoxy groups -OCH3 is 1. The number of carbonyl (C=O) groups excluding carboxylic acids is 1. The van der Waals surface area contributed by atoms with Crippen LogP contribution in [0.5, 0.6) is 0 Å². The van der Waals surface area contributed by atoms with Crippen LogP contribution in [0, 0.1) is 5.92 Å². The highest BCUT2D eigenvalue weighted by atomic mass is 16.5. The molecule has 0 saturated heterocycles. The molecule has 0 aliphatic heterocycles. The van der Waals surface area contributed by atoms with Crippen molar-refractivity contribution in [3.63, 3.8) is 0 Å². The van der Waals surface area contributed by atoms with Gasteiger partial charge in [0.25, 0.3) is 0 Å². The van der Waals surface area contributed by atoms with Crippen molar-refractivity contribution >= 4 is 5.97 Å². The normalized spacial score (nSPS) is 19.7. The monoisotopic (exact) mass is 247 g/mol. The maximum Gasteiger partial charge on any atom is 0.323 e. The van der Waals surface area contributed by atoms with Crippen LogP contribution >= 0.6 is 0 Å². The minimum Gasteiger partial charge on any atom is -0.468 e. The van der Waals surface area contributed by atoms with Crippen LogP contribution in [0.2, 0.25) is 0 Å². The molecule has 1 aromatic rings. The molecular formula is C15H21NO2. The summed E-state index contributed by atoms with van der Waals surface area (Å²) in [6.45, 7) is 4.07. The summed E-state index contributed by atoms with van der Waals surface area (Å²) in [5.74, 6) is 0.0552. The Bertz CT molecular complexity index is 428. The second-order valence-electron chi connectivity index (χ2n) is 5.20. The van der Waals surface area contributed by atoms with Gasteiger partial charge in [0.2, 0.25) is 0 Å². The van der Waals surface area contributed by atoms with E-state index in [2.05, 4.69) is 29.6 Å². The van der Waals surface area contributed by atoms with Crippen molar-refractivity contribution < 1.29 is 9.53 Å². The Morgan fingerprint density at radius 2 is 2.11 bits per heavy atom. The molecule has 0 fully saturated rings. The number of rotatable bonds is 4. The van der Waals surface area contributed by atoms with E-state index in [9.17, 15) is 4.79 Å². The fraction of sp³-hybridized carbons (Fsp3) is 0.533. The Hall–Kier alpha value is -1.35. The lowest BCUT2D eigenvalue weighted by Gasteiger charge is -2.24. The van der Waals surface area contributed by atoms with Gasteiger partial charge >= 0.3 is 5.97 Å². The average Bonchev–Trinajstić information content (AvgIpc) is 2.78. The van der Waals surface area contributed by atoms with E-state index in [0.29, 0.717) is 0 Å². The van der Waals surface area contributed by atoms with Crippen LogP contribution in [0.25, 0.3) is 0 Å². The van der Waals surface area contributed by atoms with Gasteiger partial charge in [-0.1, -0.05) is 38.1 Å². The first-order chi connectivity index (χ1) is 8.63. The van der Waals surface area contributed by atoms with Gasteiger partial charge in [-0.2, -0.15) is 0 Å². The summed E-state index contributed by atoms with van der Waals surface area (Å²) >= 11 is 0. The number of esters is 1. The summed E-state index contributed by atoms with van der Waals surface area (Å²) < 4.78 is 4.87. The molecule has 1 aliphatic rings. The van der Waals surface area contributed by atoms with Gasteiger partial charge in [-0.3, -0.25) is 10.1 Å². The zero-order valence-electron chi connectivity index (χ0n) is 11.3. The molecule has 0 spiro atoms. The molecule has 0 heterocycles. The van der Waals surface area contributed by atoms with Crippen LogP contribution in [0.3, 0.4) is 0 Å². The maximum absolute atomic E-state index is 11.8. The van der Waals surface area contributed by atoms with E-state index in [1.165, 1.54) is 18.2 Å². The third-order valence-electron chi connectivity index (χ3n) is 3.64. The Morgan fingerprint density at radius 1 is 1.39 bits per heavy atom. The second kappa shape index (κ2) is 5.53. The van der Waals surface area contributed by atoms with Crippen molar-refractivity contribution in [2.45, 2.75) is 38.8 Å². The number of aryl methyl sites for hydroxylation is 1. The summed E-state index contributed by atoms with van der Waals surface area (Å²) in [6, 6.07) is 8.48. The molecule has 1 N–H and O–H groups in total. The van der Waals surface area contributed by atoms with Gasteiger partial charge in [-0.05, 0) is 29.9 Å². The fourth-order valence-electron chi connectivity index (χ4n) is 2.61. The van der Waals surface area contributed by atoms with Crippen LogP contribution < -0.4 is 5.32 Å². The standard InChI is InChI=1S/C15H21NO2/c1-10(2)14(15(17)18-3)16-13-9-8-11-6-4-5-7-12(11)13/h4-7,10,13-14,16H,8-9H2,1-3H3/t13?,14-/m1/s1. The Kier molecular flexibility index (Phi) is 4.02. The minimum absolute atomic E-state index is 0.172. The summed E-state index contributed by atoms with van der Waals surface area (Å²) in [7, 11) is 1.45. The number of fused-ring (bicyclic) bond motifs is 1. The molecule has 2 atom stereocenters. The van der Waals surface area contributed by atoms with E-state index in [-0.39, 0.29) is 24.0 Å².